The second-order valence-electron chi connectivity index (χ2n) is 2.94. The van der Waals surface area contributed by atoms with E-state index in [9.17, 15) is 4.79 Å². The largest absolute Gasteiger partial charge is 0.295 e. The van der Waals surface area contributed by atoms with Crippen molar-refractivity contribution in [3.63, 3.8) is 0 Å². The Morgan fingerprint density at radius 2 is 1.77 bits per heavy atom. The van der Waals surface area contributed by atoms with Crippen LogP contribution in [0.4, 0.5) is 0 Å². The van der Waals surface area contributed by atoms with Crippen LogP contribution < -0.4 is 0 Å². The predicted molar refractivity (Wildman–Crippen MR) is 58.5 cm³/mol. The fourth-order valence-corrected chi connectivity index (χ4v) is 1.37. The molecule has 0 unspecified atom stereocenters. The molecule has 0 saturated heterocycles. The third-order valence-electron chi connectivity index (χ3n) is 1.72. The molecule has 2 heteroatoms. The molecule has 0 atom stereocenters. The molecule has 0 spiro atoms. The van der Waals surface area contributed by atoms with Crippen LogP contribution in [0.15, 0.2) is 34.8 Å². The highest BCUT2D eigenvalue weighted by Crippen LogP contribution is 2.17. The van der Waals surface area contributed by atoms with Gasteiger partial charge in [-0.05, 0) is 43.2 Å². The van der Waals surface area contributed by atoms with E-state index in [4.69, 9.17) is 0 Å². The number of allylic oxidation sites excluding steroid dienone is 2. The van der Waals surface area contributed by atoms with Crippen molar-refractivity contribution in [2.24, 2.45) is 0 Å². The van der Waals surface area contributed by atoms with Crippen molar-refractivity contribution >= 4 is 27.3 Å². The maximum atomic E-state index is 10.8. The lowest BCUT2D eigenvalue weighted by atomic mass is 10.1. The SMILES string of the molecule is CC(=O)/C=C(/C)c1ccc(Br)cc1. The molecule has 0 aliphatic carbocycles. The third kappa shape index (κ3) is 3.15. The Hall–Kier alpha value is -0.890. The summed E-state index contributed by atoms with van der Waals surface area (Å²) in [5.74, 6) is 0.0837. The van der Waals surface area contributed by atoms with Crippen LogP contribution in [0.5, 0.6) is 0 Å². The van der Waals surface area contributed by atoms with E-state index in [0.717, 1.165) is 15.6 Å². The monoisotopic (exact) mass is 238 g/mol. The van der Waals surface area contributed by atoms with Crippen LogP contribution in [0.25, 0.3) is 5.57 Å². The molecule has 1 nitrogen and oxygen atoms in total. The van der Waals surface area contributed by atoms with E-state index in [1.165, 1.54) is 0 Å². The fourth-order valence-electron chi connectivity index (χ4n) is 1.10. The van der Waals surface area contributed by atoms with Crippen LogP contribution in [0, 0.1) is 0 Å². The van der Waals surface area contributed by atoms with Gasteiger partial charge in [-0.15, -0.1) is 0 Å². The molecule has 0 aliphatic rings. The number of hydrogen-bond donors (Lipinski definition) is 0. The Morgan fingerprint density at radius 1 is 1.23 bits per heavy atom. The smallest absolute Gasteiger partial charge is 0.152 e. The van der Waals surface area contributed by atoms with E-state index in [1.807, 2.05) is 31.2 Å². The standard InChI is InChI=1S/C11H11BrO/c1-8(7-9(2)13)10-3-5-11(12)6-4-10/h3-7H,1-2H3/b8-7-. The number of rotatable bonds is 2. The molecule has 0 bridgehead atoms. The summed E-state index contributed by atoms with van der Waals surface area (Å²) in [6.07, 6.45) is 1.64. The van der Waals surface area contributed by atoms with Crippen molar-refractivity contribution in [1.29, 1.82) is 0 Å². The Labute approximate surface area is 86.6 Å². The molecule has 0 aliphatic heterocycles. The Balaban J connectivity index is 2.96. The first-order valence-electron chi connectivity index (χ1n) is 4.04. The van der Waals surface area contributed by atoms with Gasteiger partial charge < -0.3 is 0 Å². The van der Waals surface area contributed by atoms with E-state index in [-0.39, 0.29) is 5.78 Å². The maximum absolute atomic E-state index is 10.8. The first-order chi connectivity index (χ1) is 6.09. The molecule has 0 amide bonds. The number of halogens is 1. The van der Waals surface area contributed by atoms with Crippen LogP contribution in [0.2, 0.25) is 0 Å². The Kier molecular flexibility index (Phi) is 3.43. The fraction of sp³-hybridized carbons (Fsp3) is 0.182. The summed E-state index contributed by atoms with van der Waals surface area (Å²) < 4.78 is 1.05. The van der Waals surface area contributed by atoms with E-state index >= 15 is 0 Å². The van der Waals surface area contributed by atoms with Gasteiger partial charge in [0.05, 0.1) is 0 Å². The summed E-state index contributed by atoms with van der Waals surface area (Å²) in [6.45, 7) is 3.49. The van der Waals surface area contributed by atoms with Gasteiger partial charge in [0.25, 0.3) is 0 Å². The van der Waals surface area contributed by atoms with Crippen LogP contribution in [-0.2, 0) is 4.79 Å². The lowest BCUT2D eigenvalue weighted by Gasteiger charge is -2.00. The zero-order chi connectivity index (χ0) is 9.84. The molecule has 13 heavy (non-hydrogen) atoms. The molecular weight excluding hydrogens is 228 g/mol. The summed E-state index contributed by atoms with van der Waals surface area (Å²) in [7, 11) is 0. The Bertz CT molecular complexity index is 336. The van der Waals surface area contributed by atoms with Crippen LogP contribution in [0.3, 0.4) is 0 Å². The molecule has 0 heterocycles. The highest BCUT2D eigenvalue weighted by atomic mass is 79.9. The van der Waals surface area contributed by atoms with E-state index < -0.39 is 0 Å². The third-order valence-corrected chi connectivity index (χ3v) is 2.25. The minimum absolute atomic E-state index is 0.0837. The van der Waals surface area contributed by atoms with Crippen molar-refractivity contribution in [3.8, 4) is 0 Å². The second-order valence-corrected chi connectivity index (χ2v) is 3.86. The average molecular weight is 239 g/mol. The molecule has 0 saturated carbocycles. The van der Waals surface area contributed by atoms with Crippen molar-refractivity contribution in [2.75, 3.05) is 0 Å². The van der Waals surface area contributed by atoms with Gasteiger partial charge >= 0.3 is 0 Å². The van der Waals surface area contributed by atoms with Gasteiger partial charge in [-0.3, -0.25) is 4.79 Å². The minimum atomic E-state index is 0.0837. The van der Waals surface area contributed by atoms with Crippen LogP contribution >= 0.6 is 15.9 Å². The lowest BCUT2D eigenvalue weighted by molar-refractivity contribution is -0.112. The van der Waals surface area contributed by atoms with Crippen molar-refractivity contribution in [2.45, 2.75) is 13.8 Å². The summed E-state index contributed by atoms with van der Waals surface area (Å²) in [6, 6.07) is 7.90. The predicted octanol–water partition coefficient (Wildman–Crippen LogP) is 3.44. The molecule has 1 aromatic rings. The second kappa shape index (κ2) is 4.38. The highest BCUT2D eigenvalue weighted by Gasteiger charge is 1.96. The van der Waals surface area contributed by atoms with Crippen molar-refractivity contribution in [3.05, 3.63) is 40.4 Å². The molecule has 0 fully saturated rings. The zero-order valence-electron chi connectivity index (χ0n) is 7.67. The van der Waals surface area contributed by atoms with Gasteiger partial charge in [-0.25, -0.2) is 0 Å². The maximum Gasteiger partial charge on any atom is 0.152 e. The number of ketones is 1. The zero-order valence-corrected chi connectivity index (χ0v) is 9.26. The van der Waals surface area contributed by atoms with E-state index in [1.54, 1.807) is 13.0 Å². The number of benzene rings is 1. The summed E-state index contributed by atoms with van der Waals surface area (Å²) in [4.78, 5) is 10.8. The van der Waals surface area contributed by atoms with E-state index in [2.05, 4.69) is 15.9 Å². The molecular formula is C11H11BrO. The van der Waals surface area contributed by atoms with Crippen LogP contribution in [0.1, 0.15) is 19.4 Å². The molecule has 0 aromatic heterocycles. The van der Waals surface area contributed by atoms with Gasteiger partial charge in [-0.2, -0.15) is 0 Å². The first kappa shape index (κ1) is 10.2. The van der Waals surface area contributed by atoms with Gasteiger partial charge in [-0.1, -0.05) is 28.1 Å². The normalized spacial score (nSPS) is 11.5. The summed E-state index contributed by atoms with van der Waals surface area (Å²) >= 11 is 3.36. The number of carbonyl (C=O) groups excluding carboxylic acids is 1. The van der Waals surface area contributed by atoms with Gasteiger partial charge in [0, 0.05) is 4.47 Å². The van der Waals surface area contributed by atoms with Gasteiger partial charge in [0.1, 0.15) is 0 Å². The molecule has 0 radical (unpaired) electrons. The Morgan fingerprint density at radius 3 is 2.23 bits per heavy atom. The topological polar surface area (TPSA) is 17.1 Å². The minimum Gasteiger partial charge on any atom is -0.295 e. The van der Waals surface area contributed by atoms with Crippen LogP contribution in [-0.4, -0.2) is 5.78 Å². The van der Waals surface area contributed by atoms with Gasteiger partial charge in [0.15, 0.2) is 5.78 Å². The molecule has 1 aromatic carbocycles. The summed E-state index contributed by atoms with van der Waals surface area (Å²) in [5.41, 5.74) is 2.08. The number of carbonyl (C=O) groups is 1. The summed E-state index contributed by atoms with van der Waals surface area (Å²) in [5, 5.41) is 0. The quantitative estimate of drug-likeness (QED) is 0.722. The van der Waals surface area contributed by atoms with Crippen molar-refractivity contribution in [1.82, 2.24) is 0 Å². The number of hydrogen-bond acceptors (Lipinski definition) is 1. The van der Waals surface area contributed by atoms with E-state index in [0.29, 0.717) is 0 Å². The average Bonchev–Trinajstić information content (AvgIpc) is 2.04. The molecule has 68 valence electrons. The van der Waals surface area contributed by atoms with Gasteiger partial charge in [0.2, 0.25) is 0 Å². The molecule has 0 N–H and O–H groups in total. The molecule has 1 rings (SSSR count). The first-order valence-corrected chi connectivity index (χ1v) is 4.83. The van der Waals surface area contributed by atoms with Crippen molar-refractivity contribution < 1.29 is 4.79 Å². The highest BCUT2D eigenvalue weighted by molar-refractivity contribution is 9.10. The lowest BCUT2D eigenvalue weighted by Crippen LogP contribution is -1.85.